The molecule has 9 heteroatoms. The van der Waals surface area contributed by atoms with Crippen molar-refractivity contribution in [2.24, 2.45) is 0 Å². The highest BCUT2D eigenvalue weighted by Crippen LogP contribution is 2.37. The predicted octanol–water partition coefficient (Wildman–Crippen LogP) is 4.64. The molecule has 0 bridgehead atoms. The lowest BCUT2D eigenvalue weighted by molar-refractivity contribution is -0.127. The van der Waals surface area contributed by atoms with Gasteiger partial charge in [0.2, 0.25) is 12.7 Å². The van der Waals surface area contributed by atoms with E-state index in [-0.39, 0.29) is 11.7 Å². The van der Waals surface area contributed by atoms with E-state index >= 15 is 0 Å². The molecule has 172 valence electrons. The lowest BCUT2D eigenvalue weighted by Gasteiger charge is -2.13. The average molecular weight is 477 g/mol. The number of amides is 3. The standard InChI is InChI=1S/C25H20N2O6S/c1-2-31-19-9-7-15-5-3-4-6-17(15)18(19)12-22-24(29)27(25(30)34-22)13-23(28)26-16-8-10-20-21(11-16)33-14-32-20/h3-12H,2,13-14H2,1H3,(H,26,28)/b22-12+. The number of carbonyl (C=O) groups is 3. The van der Waals surface area contributed by atoms with Gasteiger partial charge in [0, 0.05) is 17.3 Å². The van der Waals surface area contributed by atoms with E-state index in [1.807, 2.05) is 43.3 Å². The van der Waals surface area contributed by atoms with Gasteiger partial charge >= 0.3 is 0 Å². The number of benzene rings is 3. The molecule has 1 fully saturated rings. The topological polar surface area (TPSA) is 94.2 Å². The number of thioether (sulfide) groups is 1. The fourth-order valence-electron chi connectivity index (χ4n) is 3.79. The SMILES string of the molecule is CCOc1ccc2ccccc2c1/C=C1/SC(=O)N(CC(=O)Nc2ccc3c(c2)OCO3)C1=O. The summed E-state index contributed by atoms with van der Waals surface area (Å²) in [5, 5.41) is 4.07. The van der Waals surface area contributed by atoms with Crippen LogP contribution in [-0.4, -0.2) is 41.9 Å². The van der Waals surface area contributed by atoms with E-state index in [0.29, 0.717) is 29.5 Å². The number of nitrogens with one attached hydrogen (secondary N) is 1. The summed E-state index contributed by atoms with van der Waals surface area (Å²) >= 11 is 0.803. The van der Waals surface area contributed by atoms with Gasteiger partial charge in [0.15, 0.2) is 11.5 Å². The third-order valence-corrected chi connectivity index (χ3v) is 6.24. The van der Waals surface area contributed by atoms with Gasteiger partial charge in [-0.1, -0.05) is 30.3 Å². The fourth-order valence-corrected chi connectivity index (χ4v) is 4.61. The van der Waals surface area contributed by atoms with Gasteiger partial charge in [0.05, 0.1) is 11.5 Å². The van der Waals surface area contributed by atoms with Crippen molar-refractivity contribution in [1.82, 2.24) is 4.90 Å². The molecule has 34 heavy (non-hydrogen) atoms. The largest absolute Gasteiger partial charge is 0.493 e. The Hall–Kier alpha value is -3.98. The van der Waals surface area contributed by atoms with Crippen molar-refractivity contribution < 1.29 is 28.6 Å². The molecule has 3 amide bonds. The van der Waals surface area contributed by atoms with E-state index in [1.165, 1.54) is 0 Å². The smallest absolute Gasteiger partial charge is 0.294 e. The molecule has 2 heterocycles. The van der Waals surface area contributed by atoms with Crippen LogP contribution in [0.1, 0.15) is 12.5 Å². The highest BCUT2D eigenvalue weighted by Gasteiger charge is 2.36. The third-order valence-electron chi connectivity index (χ3n) is 5.34. The van der Waals surface area contributed by atoms with Crippen LogP contribution in [-0.2, 0) is 9.59 Å². The number of carbonyl (C=O) groups excluding carboxylic acids is 3. The van der Waals surface area contributed by atoms with Crippen LogP contribution in [0.5, 0.6) is 17.2 Å². The number of imide groups is 1. The summed E-state index contributed by atoms with van der Waals surface area (Å²) in [5.74, 6) is 0.711. The predicted molar refractivity (Wildman–Crippen MR) is 129 cm³/mol. The molecule has 0 atom stereocenters. The Morgan fingerprint density at radius 2 is 1.94 bits per heavy atom. The summed E-state index contributed by atoms with van der Waals surface area (Å²) in [6.45, 7) is 2.06. The van der Waals surface area contributed by atoms with E-state index in [4.69, 9.17) is 14.2 Å². The molecule has 0 saturated carbocycles. The summed E-state index contributed by atoms with van der Waals surface area (Å²) in [6.07, 6.45) is 1.66. The van der Waals surface area contributed by atoms with Crippen LogP contribution in [0.2, 0.25) is 0 Å². The molecule has 0 spiro atoms. The summed E-state index contributed by atoms with van der Waals surface area (Å²) in [7, 11) is 0. The van der Waals surface area contributed by atoms with Gasteiger partial charge in [0.25, 0.3) is 11.1 Å². The van der Waals surface area contributed by atoms with Crippen molar-refractivity contribution in [2.45, 2.75) is 6.92 Å². The van der Waals surface area contributed by atoms with Crippen LogP contribution in [0.3, 0.4) is 0 Å². The zero-order chi connectivity index (χ0) is 23.7. The number of nitrogens with zero attached hydrogens (tertiary/aromatic N) is 1. The number of rotatable bonds is 6. The van der Waals surface area contributed by atoms with Crippen LogP contribution in [0, 0.1) is 0 Å². The van der Waals surface area contributed by atoms with Gasteiger partial charge in [-0.15, -0.1) is 0 Å². The zero-order valence-electron chi connectivity index (χ0n) is 18.2. The van der Waals surface area contributed by atoms with Crippen molar-refractivity contribution >= 4 is 51.4 Å². The summed E-state index contributed by atoms with van der Waals surface area (Å²) in [4.78, 5) is 39.3. The van der Waals surface area contributed by atoms with Gasteiger partial charge in [-0.25, -0.2) is 0 Å². The molecular formula is C25H20N2O6S. The Balaban J connectivity index is 1.36. The van der Waals surface area contributed by atoms with E-state index in [1.54, 1.807) is 24.3 Å². The highest BCUT2D eigenvalue weighted by molar-refractivity contribution is 8.18. The van der Waals surface area contributed by atoms with Crippen LogP contribution in [0.15, 0.2) is 59.5 Å². The summed E-state index contributed by atoms with van der Waals surface area (Å²) in [6, 6.07) is 16.5. The van der Waals surface area contributed by atoms with Crippen molar-refractivity contribution in [3.63, 3.8) is 0 Å². The lowest BCUT2D eigenvalue weighted by atomic mass is 10.0. The minimum atomic E-state index is -0.522. The second-order valence-corrected chi connectivity index (χ2v) is 8.51. The highest BCUT2D eigenvalue weighted by atomic mass is 32.2. The molecule has 1 saturated heterocycles. The molecular weight excluding hydrogens is 456 g/mol. The molecule has 2 aliphatic rings. The van der Waals surface area contributed by atoms with Gasteiger partial charge in [-0.05, 0) is 53.7 Å². The second kappa shape index (κ2) is 9.11. The molecule has 1 N–H and O–H groups in total. The first-order valence-electron chi connectivity index (χ1n) is 10.6. The molecule has 2 aliphatic heterocycles. The molecule has 8 nitrogen and oxygen atoms in total. The van der Waals surface area contributed by atoms with Crippen LogP contribution >= 0.6 is 11.8 Å². The van der Waals surface area contributed by atoms with Crippen LogP contribution in [0.4, 0.5) is 10.5 Å². The summed E-state index contributed by atoms with van der Waals surface area (Å²) < 4.78 is 16.3. The van der Waals surface area contributed by atoms with Crippen molar-refractivity contribution in [2.75, 3.05) is 25.3 Å². The minimum absolute atomic E-state index is 0.123. The van der Waals surface area contributed by atoms with Crippen LogP contribution < -0.4 is 19.5 Å². The Bertz CT molecular complexity index is 1350. The normalized spacial score (nSPS) is 15.9. The fraction of sp³-hybridized carbons (Fsp3) is 0.160. The van der Waals surface area contributed by atoms with Crippen molar-refractivity contribution in [3.05, 3.63) is 65.1 Å². The molecule has 0 aliphatic carbocycles. The maximum absolute atomic E-state index is 13.0. The van der Waals surface area contributed by atoms with Crippen molar-refractivity contribution in [1.29, 1.82) is 0 Å². The van der Waals surface area contributed by atoms with Gasteiger partial charge in [-0.3, -0.25) is 19.3 Å². The third kappa shape index (κ3) is 4.17. The minimum Gasteiger partial charge on any atom is -0.493 e. The first-order valence-corrected chi connectivity index (χ1v) is 11.4. The van der Waals surface area contributed by atoms with E-state index < -0.39 is 23.6 Å². The van der Waals surface area contributed by atoms with Gasteiger partial charge in [0.1, 0.15) is 12.3 Å². The maximum atomic E-state index is 13.0. The number of hydrogen-bond donors (Lipinski definition) is 1. The first kappa shape index (κ1) is 21.8. The quantitative estimate of drug-likeness (QED) is 0.518. The second-order valence-electron chi connectivity index (χ2n) is 7.52. The number of fused-ring (bicyclic) bond motifs is 2. The van der Waals surface area contributed by atoms with E-state index in [0.717, 1.165) is 33.0 Å². The van der Waals surface area contributed by atoms with E-state index in [9.17, 15) is 14.4 Å². The molecule has 5 rings (SSSR count). The molecule has 0 unspecified atom stereocenters. The zero-order valence-corrected chi connectivity index (χ0v) is 19.0. The summed E-state index contributed by atoms with van der Waals surface area (Å²) in [5.41, 5.74) is 1.20. The van der Waals surface area contributed by atoms with E-state index in [2.05, 4.69) is 5.32 Å². The van der Waals surface area contributed by atoms with Crippen LogP contribution in [0.25, 0.3) is 16.8 Å². The Morgan fingerprint density at radius 3 is 2.79 bits per heavy atom. The lowest BCUT2D eigenvalue weighted by Crippen LogP contribution is -2.36. The number of ether oxygens (including phenoxy) is 3. The maximum Gasteiger partial charge on any atom is 0.294 e. The number of anilines is 1. The first-order chi connectivity index (χ1) is 16.5. The Kier molecular flexibility index (Phi) is 5.85. The monoisotopic (exact) mass is 476 g/mol. The van der Waals surface area contributed by atoms with Gasteiger partial charge in [-0.2, -0.15) is 0 Å². The van der Waals surface area contributed by atoms with Crippen molar-refractivity contribution in [3.8, 4) is 17.2 Å². The van der Waals surface area contributed by atoms with Gasteiger partial charge < -0.3 is 19.5 Å². The molecule has 3 aromatic rings. The number of hydrogen-bond acceptors (Lipinski definition) is 7. The molecule has 0 aromatic heterocycles. The molecule has 0 radical (unpaired) electrons. The Morgan fingerprint density at radius 1 is 1.12 bits per heavy atom. The Labute approximate surface area is 199 Å². The molecule has 3 aromatic carbocycles. The average Bonchev–Trinajstić information content (AvgIpc) is 3.40.